The molecule has 140 valence electrons. The third-order valence-electron chi connectivity index (χ3n) is 3.82. The third kappa shape index (κ3) is 6.78. The molecule has 2 rings (SSSR count). The quantitative estimate of drug-likeness (QED) is 0.527. The van der Waals surface area contributed by atoms with E-state index in [9.17, 15) is 9.36 Å². The molecule has 1 aliphatic rings. The largest absolute Gasteiger partial charge is 0.464 e. The number of hydrogen-bond acceptors (Lipinski definition) is 7. The number of hydrogen-bond donors (Lipinski definition) is 1. The molecule has 1 aliphatic heterocycles. The summed E-state index contributed by atoms with van der Waals surface area (Å²) < 4.78 is 29.4. The van der Waals surface area contributed by atoms with Crippen molar-refractivity contribution in [3.8, 4) is 5.75 Å². The average molecular weight is 370 g/mol. The molecule has 8 heteroatoms. The van der Waals surface area contributed by atoms with E-state index >= 15 is 0 Å². The second-order valence-corrected chi connectivity index (χ2v) is 7.89. The van der Waals surface area contributed by atoms with Crippen LogP contribution in [0.15, 0.2) is 30.3 Å². The number of nitrogens with one attached hydrogen (secondary N) is 1. The van der Waals surface area contributed by atoms with E-state index in [1.165, 1.54) is 6.92 Å². The van der Waals surface area contributed by atoms with Gasteiger partial charge in [-0.1, -0.05) is 18.2 Å². The molecule has 25 heavy (non-hydrogen) atoms. The Balaban J connectivity index is 2.03. The summed E-state index contributed by atoms with van der Waals surface area (Å²) in [6.07, 6.45) is -0.733. The zero-order chi connectivity index (χ0) is 18.1. The smallest absolute Gasteiger partial charge is 0.381 e. The zero-order valence-electron chi connectivity index (χ0n) is 14.8. The summed E-state index contributed by atoms with van der Waals surface area (Å²) in [5.74, 6) is -0.0798. The van der Waals surface area contributed by atoms with Gasteiger partial charge in [0.2, 0.25) is 0 Å². The summed E-state index contributed by atoms with van der Waals surface area (Å²) in [4.78, 5) is 14.0. The van der Waals surface area contributed by atoms with E-state index in [2.05, 4.69) is 10.2 Å². The Labute approximate surface area is 149 Å². The molecule has 0 saturated carbocycles. The zero-order valence-corrected chi connectivity index (χ0v) is 15.7. The van der Waals surface area contributed by atoms with Crippen LogP contribution in [-0.2, 0) is 18.6 Å². The molecule has 0 aromatic heterocycles. The molecule has 1 fully saturated rings. The molecule has 0 bridgehead atoms. The second kappa shape index (κ2) is 9.92. The van der Waals surface area contributed by atoms with Gasteiger partial charge >= 0.3 is 13.6 Å². The summed E-state index contributed by atoms with van der Waals surface area (Å²) >= 11 is 0. The molecule has 1 unspecified atom stereocenters. The molecule has 2 atom stereocenters. The van der Waals surface area contributed by atoms with Crippen molar-refractivity contribution in [1.82, 2.24) is 10.2 Å². The summed E-state index contributed by atoms with van der Waals surface area (Å²) in [7, 11) is -3.50. The maximum absolute atomic E-state index is 13.2. The van der Waals surface area contributed by atoms with Gasteiger partial charge in [-0.15, -0.1) is 0 Å². The molecule has 0 spiro atoms. The van der Waals surface area contributed by atoms with Crippen LogP contribution < -0.4 is 9.84 Å². The Morgan fingerprint density at radius 1 is 1.28 bits per heavy atom. The summed E-state index contributed by atoms with van der Waals surface area (Å²) in [5.41, 5.74) is 0. The highest BCUT2D eigenvalue weighted by Gasteiger charge is 2.33. The van der Waals surface area contributed by atoms with Crippen molar-refractivity contribution in [3.05, 3.63) is 30.3 Å². The van der Waals surface area contributed by atoms with Crippen molar-refractivity contribution in [3.63, 3.8) is 0 Å². The lowest BCUT2D eigenvalue weighted by atomic mass is 10.3. The topological polar surface area (TPSA) is 77.1 Å². The minimum absolute atomic E-state index is 0.214. The first-order valence-electron chi connectivity index (χ1n) is 8.64. The average Bonchev–Trinajstić information content (AvgIpc) is 2.62. The molecule has 1 N–H and O–H groups in total. The van der Waals surface area contributed by atoms with Crippen molar-refractivity contribution < 1.29 is 23.1 Å². The van der Waals surface area contributed by atoms with Crippen LogP contribution in [0.5, 0.6) is 5.75 Å². The summed E-state index contributed by atoms with van der Waals surface area (Å²) in [6, 6.07) is 8.88. The van der Waals surface area contributed by atoms with Crippen molar-refractivity contribution in [2.45, 2.75) is 20.0 Å². The number of nitrogens with zero attached hydrogens (tertiary/aromatic N) is 1. The van der Waals surface area contributed by atoms with Crippen molar-refractivity contribution in [2.75, 3.05) is 45.5 Å². The van der Waals surface area contributed by atoms with Crippen LogP contribution in [0.2, 0.25) is 0 Å². The Bertz CT molecular complexity index is 578. The standard InChI is InChI=1S/C17H27N2O5P/c1-3-22-17(20)15(2)23-25(21,24-16-7-5-4-6-8-16)14-13-19-11-9-18-10-12-19/h4-8,15,18H,3,9-14H2,1-2H3/t15-,25?/m1/s1. The number of benzene rings is 1. The SMILES string of the molecule is CCOC(=O)[C@@H](C)OP(=O)(CCN1CCNCC1)Oc1ccccc1. The van der Waals surface area contributed by atoms with Crippen LogP contribution in [0.4, 0.5) is 0 Å². The highest BCUT2D eigenvalue weighted by molar-refractivity contribution is 7.54. The molecule has 0 amide bonds. The minimum Gasteiger partial charge on any atom is -0.464 e. The van der Waals surface area contributed by atoms with Gasteiger partial charge in [0, 0.05) is 32.7 Å². The predicted octanol–water partition coefficient (Wildman–Crippen LogP) is 2.13. The van der Waals surface area contributed by atoms with Gasteiger partial charge in [0.05, 0.1) is 12.8 Å². The first-order valence-corrected chi connectivity index (χ1v) is 10.4. The molecule has 1 aromatic rings. The fraction of sp³-hybridized carbons (Fsp3) is 0.588. The molecule has 0 radical (unpaired) electrons. The van der Waals surface area contributed by atoms with Crippen LogP contribution in [0.1, 0.15) is 13.8 Å². The Hall–Kier alpha value is -1.40. The van der Waals surface area contributed by atoms with E-state index in [0.29, 0.717) is 12.3 Å². The van der Waals surface area contributed by atoms with Crippen LogP contribution >= 0.6 is 7.60 Å². The minimum atomic E-state index is -3.50. The lowest BCUT2D eigenvalue weighted by molar-refractivity contribution is -0.150. The van der Waals surface area contributed by atoms with E-state index in [-0.39, 0.29) is 12.8 Å². The number of para-hydroxylation sites is 1. The van der Waals surface area contributed by atoms with Gasteiger partial charge < -0.3 is 19.5 Å². The van der Waals surface area contributed by atoms with Crippen LogP contribution in [0.25, 0.3) is 0 Å². The molecule has 1 heterocycles. The van der Waals surface area contributed by atoms with Gasteiger partial charge in [-0.3, -0.25) is 4.52 Å². The van der Waals surface area contributed by atoms with Crippen molar-refractivity contribution >= 4 is 13.6 Å². The number of rotatable bonds is 9. The normalized spacial score (nSPS) is 19.0. The molecule has 1 saturated heterocycles. The van der Waals surface area contributed by atoms with Crippen LogP contribution in [0, 0.1) is 0 Å². The first-order chi connectivity index (χ1) is 12.0. The summed E-state index contributed by atoms with van der Waals surface area (Å²) in [6.45, 7) is 7.67. The van der Waals surface area contributed by atoms with Gasteiger partial charge in [0.1, 0.15) is 5.75 Å². The van der Waals surface area contributed by atoms with Gasteiger partial charge in [0.15, 0.2) is 6.10 Å². The van der Waals surface area contributed by atoms with E-state index < -0.39 is 19.7 Å². The number of esters is 1. The fourth-order valence-corrected chi connectivity index (χ4v) is 4.28. The van der Waals surface area contributed by atoms with E-state index in [1.54, 1.807) is 31.2 Å². The van der Waals surface area contributed by atoms with Gasteiger partial charge in [-0.2, -0.15) is 0 Å². The van der Waals surface area contributed by atoms with Crippen molar-refractivity contribution in [2.24, 2.45) is 0 Å². The molecule has 1 aromatic carbocycles. The van der Waals surface area contributed by atoms with Gasteiger partial charge in [0.25, 0.3) is 0 Å². The summed E-state index contributed by atoms with van der Waals surface area (Å²) in [5, 5.41) is 3.28. The Kier molecular flexibility index (Phi) is 7.90. The highest BCUT2D eigenvalue weighted by Crippen LogP contribution is 2.49. The molecule has 7 nitrogen and oxygen atoms in total. The second-order valence-electron chi connectivity index (χ2n) is 5.83. The predicted molar refractivity (Wildman–Crippen MR) is 96.0 cm³/mol. The highest BCUT2D eigenvalue weighted by atomic mass is 31.2. The Morgan fingerprint density at radius 2 is 1.96 bits per heavy atom. The maximum atomic E-state index is 13.2. The number of carbonyl (C=O) groups excluding carboxylic acids is 1. The van der Waals surface area contributed by atoms with Crippen molar-refractivity contribution in [1.29, 1.82) is 0 Å². The monoisotopic (exact) mass is 370 g/mol. The van der Waals surface area contributed by atoms with Gasteiger partial charge in [-0.05, 0) is 26.0 Å². The number of piperazine rings is 1. The molecular formula is C17H27N2O5P. The first kappa shape index (κ1) is 19.9. The fourth-order valence-electron chi connectivity index (χ4n) is 2.50. The number of ether oxygens (including phenoxy) is 1. The van der Waals surface area contributed by atoms with Crippen LogP contribution in [-0.4, -0.2) is 62.5 Å². The van der Waals surface area contributed by atoms with Gasteiger partial charge in [-0.25, -0.2) is 9.36 Å². The lowest BCUT2D eigenvalue weighted by Crippen LogP contribution is -2.44. The van der Waals surface area contributed by atoms with Crippen LogP contribution in [0.3, 0.4) is 0 Å². The molecule has 0 aliphatic carbocycles. The van der Waals surface area contributed by atoms with E-state index in [4.69, 9.17) is 13.8 Å². The Morgan fingerprint density at radius 3 is 2.60 bits per heavy atom. The van der Waals surface area contributed by atoms with E-state index in [0.717, 1.165) is 26.2 Å². The lowest BCUT2D eigenvalue weighted by Gasteiger charge is -2.29. The van der Waals surface area contributed by atoms with E-state index in [1.807, 2.05) is 6.07 Å². The molecular weight excluding hydrogens is 343 g/mol. The number of carbonyl (C=O) groups is 1. The maximum Gasteiger partial charge on any atom is 0.381 e. The third-order valence-corrected chi connectivity index (χ3v) is 5.70.